The van der Waals surface area contributed by atoms with Crippen molar-refractivity contribution in [1.82, 2.24) is 10.2 Å². The standard InChI is InChI=1S/C16H34N2O/c1-6-9-14-12-17-15(16(2,3)4)13-18(14)10-7-8-11-19-5/h14-15,17H,6-13H2,1-5H3. The van der Waals surface area contributed by atoms with E-state index in [-0.39, 0.29) is 0 Å². The highest BCUT2D eigenvalue weighted by atomic mass is 16.5. The van der Waals surface area contributed by atoms with E-state index in [0.29, 0.717) is 11.5 Å². The van der Waals surface area contributed by atoms with E-state index in [4.69, 9.17) is 4.74 Å². The number of ether oxygens (including phenoxy) is 1. The average molecular weight is 270 g/mol. The van der Waals surface area contributed by atoms with Crippen LogP contribution in [-0.2, 0) is 4.74 Å². The molecule has 0 aliphatic carbocycles. The monoisotopic (exact) mass is 270 g/mol. The Labute approximate surface area is 120 Å². The number of unbranched alkanes of at least 4 members (excludes halogenated alkanes) is 1. The molecule has 3 nitrogen and oxygen atoms in total. The SMILES string of the molecule is CCCC1CNC(C(C)(C)C)CN1CCCCOC. The summed E-state index contributed by atoms with van der Waals surface area (Å²) in [6.45, 7) is 13.8. The Kier molecular flexibility index (Phi) is 7.33. The molecular weight excluding hydrogens is 236 g/mol. The van der Waals surface area contributed by atoms with Crippen molar-refractivity contribution in [1.29, 1.82) is 0 Å². The molecule has 0 spiro atoms. The first-order valence-corrected chi connectivity index (χ1v) is 7.95. The molecule has 0 aromatic rings. The van der Waals surface area contributed by atoms with Crippen molar-refractivity contribution in [2.45, 2.75) is 65.5 Å². The summed E-state index contributed by atoms with van der Waals surface area (Å²) in [5.41, 5.74) is 0.349. The van der Waals surface area contributed by atoms with Crippen molar-refractivity contribution in [2.75, 3.05) is 33.4 Å². The summed E-state index contributed by atoms with van der Waals surface area (Å²) in [4.78, 5) is 2.71. The van der Waals surface area contributed by atoms with E-state index in [1.54, 1.807) is 7.11 Å². The lowest BCUT2D eigenvalue weighted by Crippen LogP contribution is -2.60. The highest BCUT2D eigenvalue weighted by molar-refractivity contribution is 4.91. The van der Waals surface area contributed by atoms with Crippen molar-refractivity contribution in [2.24, 2.45) is 5.41 Å². The third-order valence-electron chi connectivity index (χ3n) is 4.24. The number of hydrogen-bond donors (Lipinski definition) is 1. The molecule has 0 aromatic carbocycles. The lowest BCUT2D eigenvalue weighted by atomic mass is 9.84. The van der Waals surface area contributed by atoms with Crippen LogP contribution in [0.1, 0.15) is 53.4 Å². The molecule has 1 fully saturated rings. The van der Waals surface area contributed by atoms with Gasteiger partial charge < -0.3 is 10.1 Å². The molecule has 2 unspecified atom stereocenters. The maximum Gasteiger partial charge on any atom is 0.0462 e. The highest BCUT2D eigenvalue weighted by Crippen LogP contribution is 2.24. The van der Waals surface area contributed by atoms with Crippen molar-refractivity contribution in [3.05, 3.63) is 0 Å². The van der Waals surface area contributed by atoms with Crippen LogP contribution in [0, 0.1) is 5.41 Å². The van der Waals surface area contributed by atoms with E-state index in [0.717, 1.165) is 19.2 Å². The molecule has 1 rings (SSSR count). The van der Waals surface area contributed by atoms with Gasteiger partial charge in [-0.2, -0.15) is 0 Å². The van der Waals surface area contributed by atoms with Crippen LogP contribution in [0.4, 0.5) is 0 Å². The van der Waals surface area contributed by atoms with Crippen LogP contribution >= 0.6 is 0 Å². The van der Waals surface area contributed by atoms with Gasteiger partial charge in [0.25, 0.3) is 0 Å². The summed E-state index contributed by atoms with van der Waals surface area (Å²) >= 11 is 0. The van der Waals surface area contributed by atoms with Gasteiger partial charge in [0, 0.05) is 38.9 Å². The molecule has 3 heteroatoms. The Morgan fingerprint density at radius 1 is 1.26 bits per heavy atom. The zero-order chi connectivity index (χ0) is 14.3. The molecule has 0 amide bonds. The van der Waals surface area contributed by atoms with E-state index in [2.05, 4.69) is 37.9 Å². The molecule has 19 heavy (non-hydrogen) atoms. The average Bonchev–Trinajstić information content (AvgIpc) is 2.35. The summed E-state index contributed by atoms with van der Waals surface area (Å²) in [6, 6.07) is 1.34. The van der Waals surface area contributed by atoms with Gasteiger partial charge in [0.05, 0.1) is 0 Å². The zero-order valence-corrected chi connectivity index (χ0v) is 13.7. The lowest BCUT2D eigenvalue weighted by Gasteiger charge is -2.45. The summed E-state index contributed by atoms with van der Waals surface area (Å²) < 4.78 is 5.15. The van der Waals surface area contributed by atoms with Gasteiger partial charge in [0.15, 0.2) is 0 Å². The Morgan fingerprint density at radius 2 is 2.00 bits per heavy atom. The molecule has 114 valence electrons. The molecule has 1 heterocycles. The number of nitrogens with zero attached hydrogens (tertiary/aromatic N) is 1. The summed E-state index contributed by atoms with van der Waals surface area (Å²) in [5.74, 6) is 0. The first-order valence-electron chi connectivity index (χ1n) is 7.95. The molecule has 0 bridgehead atoms. The van der Waals surface area contributed by atoms with Crippen molar-refractivity contribution in [3.8, 4) is 0 Å². The fourth-order valence-corrected chi connectivity index (χ4v) is 2.89. The van der Waals surface area contributed by atoms with Crippen LogP contribution in [0.5, 0.6) is 0 Å². The third-order valence-corrected chi connectivity index (χ3v) is 4.24. The first kappa shape index (κ1) is 16.9. The van der Waals surface area contributed by atoms with Crippen LogP contribution in [-0.4, -0.2) is 50.3 Å². The molecule has 1 aliphatic heterocycles. The van der Waals surface area contributed by atoms with Gasteiger partial charge in [0.2, 0.25) is 0 Å². The van der Waals surface area contributed by atoms with Crippen LogP contribution < -0.4 is 5.32 Å². The normalized spacial score (nSPS) is 25.7. The number of rotatable bonds is 7. The maximum absolute atomic E-state index is 5.15. The minimum Gasteiger partial charge on any atom is -0.385 e. The molecular formula is C16H34N2O. The number of methoxy groups -OCH3 is 1. The van der Waals surface area contributed by atoms with Crippen LogP contribution in [0.15, 0.2) is 0 Å². The molecule has 1 aliphatic rings. The van der Waals surface area contributed by atoms with Gasteiger partial charge in [-0.1, -0.05) is 34.1 Å². The minimum absolute atomic E-state index is 0.349. The van der Waals surface area contributed by atoms with E-state index in [9.17, 15) is 0 Å². The Balaban J connectivity index is 2.48. The van der Waals surface area contributed by atoms with Crippen LogP contribution in [0.3, 0.4) is 0 Å². The Bertz CT molecular complexity index is 237. The van der Waals surface area contributed by atoms with E-state index >= 15 is 0 Å². The second-order valence-electron chi connectivity index (χ2n) is 6.96. The van der Waals surface area contributed by atoms with E-state index in [1.165, 1.54) is 38.8 Å². The zero-order valence-electron chi connectivity index (χ0n) is 13.7. The predicted molar refractivity (Wildman–Crippen MR) is 82.6 cm³/mol. The second kappa shape index (κ2) is 8.23. The third kappa shape index (κ3) is 5.80. The van der Waals surface area contributed by atoms with E-state index in [1.807, 2.05) is 0 Å². The van der Waals surface area contributed by atoms with Gasteiger partial charge in [-0.15, -0.1) is 0 Å². The van der Waals surface area contributed by atoms with Gasteiger partial charge in [-0.25, -0.2) is 0 Å². The summed E-state index contributed by atoms with van der Waals surface area (Å²) in [7, 11) is 1.79. The Hall–Kier alpha value is -0.120. The summed E-state index contributed by atoms with van der Waals surface area (Å²) in [5, 5.41) is 3.76. The smallest absolute Gasteiger partial charge is 0.0462 e. The van der Waals surface area contributed by atoms with Crippen molar-refractivity contribution >= 4 is 0 Å². The Morgan fingerprint density at radius 3 is 2.58 bits per heavy atom. The minimum atomic E-state index is 0.349. The highest BCUT2D eigenvalue weighted by Gasteiger charge is 2.33. The fraction of sp³-hybridized carbons (Fsp3) is 1.00. The summed E-state index contributed by atoms with van der Waals surface area (Å²) in [6.07, 6.45) is 5.03. The number of nitrogens with one attached hydrogen (secondary N) is 1. The topological polar surface area (TPSA) is 24.5 Å². The largest absolute Gasteiger partial charge is 0.385 e. The molecule has 2 atom stereocenters. The van der Waals surface area contributed by atoms with Crippen molar-refractivity contribution < 1.29 is 4.74 Å². The van der Waals surface area contributed by atoms with Gasteiger partial charge in [0.1, 0.15) is 0 Å². The van der Waals surface area contributed by atoms with Crippen LogP contribution in [0.2, 0.25) is 0 Å². The number of piperazine rings is 1. The fourth-order valence-electron chi connectivity index (χ4n) is 2.89. The van der Waals surface area contributed by atoms with Gasteiger partial charge in [-0.05, 0) is 31.2 Å². The predicted octanol–water partition coefficient (Wildman–Crippen LogP) is 2.90. The molecule has 1 saturated heterocycles. The molecule has 0 radical (unpaired) electrons. The van der Waals surface area contributed by atoms with Gasteiger partial charge in [-0.3, -0.25) is 4.90 Å². The quantitative estimate of drug-likeness (QED) is 0.720. The second-order valence-corrected chi connectivity index (χ2v) is 6.96. The van der Waals surface area contributed by atoms with Gasteiger partial charge >= 0.3 is 0 Å². The maximum atomic E-state index is 5.15. The van der Waals surface area contributed by atoms with Crippen molar-refractivity contribution in [3.63, 3.8) is 0 Å². The molecule has 0 saturated carbocycles. The first-order chi connectivity index (χ1) is 8.99. The lowest BCUT2D eigenvalue weighted by molar-refractivity contribution is 0.0769. The molecule has 1 N–H and O–H groups in total. The number of hydrogen-bond acceptors (Lipinski definition) is 3. The molecule has 0 aromatic heterocycles. The van der Waals surface area contributed by atoms with E-state index < -0.39 is 0 Å². The van der Waals surface area contributed by atoms with Crippen LogP contribution in [0.25, 0.3) is 0 Å².